The molecule has 1 amide bonds. The molecule has 0 aromatic carbocycles. The highest BCUT2D eigenvalue weighted by Gasteiger charge is 2.47. The maximum absolute atomic E-state index is 12.2. The van der Waals surface area contributed by atoms with Gasteiger partial charge in [0.2, 0.25) is 5.91 Å². The molecule has 0 spiro atoms. The van der Waals surface area contributed by atoms with Gasteiger partial charge in [0.15, 0.2) is 0 Å². The number of hydrogen-bond acceptors (Lipinski definition) is 3. The summed E-state index contributed by atoms with van der Waals surface area (Å²) in [4.78, 5) is 14.0. The van der Waals surface area contributed by atoms with Gasteiger partial charge in [-0.3, -0.25) is 4.79 Å². The minimum absolute atomic E-state index is 0.0256. The molecule has 0 radical (unpaired) electrons. The van der Waals surface area contributed by atoms with E-state index in [2.05, 4.69) is 6.07 Å². The lowest BCUT2D eigenvalue weighted by molar-refractivity contribution is -0.144. The zero-order valence-electron chi connectivity index (χ0n) is 9.48. The van der Waals surface area contributed by atoms with Crippen molar-refractivity contribution in [1.29, 1.82) is 5.26 Å². The number of carbonyl (C=O) groups excluding carboxylic acids is 1. The van der Waals surface area contributed by atoms with Crippen molar-refractivity contribution in [3.63, 3.8) is 0 Å². The van der Waals surface area contributed by atoms with Gasteiger partial charge in [0.25, 0.3) is 0 Å². The molecule has 0 atom stereocenters. The number of likely N-dealkylation sites (tertiary alicyclic amines) is 1. The standard InChI is InChI=1S/C12H18N2O2/c13-9-12(4-1-5-12)11(16)14-6-2-10(8-15)3-7-14/h10,15H,1-8H2. The summed E-state index contributed by atoms with van der Waals surface area (Å²) in [5, 5.41) is 18.1. The van der Waals surface area contributed by atoms with Crippen LogP contribution in [0.4, 0.5) is 0 Å². The van der Waals surface area contributed by atoms with Gasteiger partial charge in [-0.15, -0.1) is 0 Å². The lowest BCUT2D eigenvalue weighted by atomic mass is 9.68. The summed E-state index contributed by atoms with van der Waals surface area (Å²) in [6.45, 7) is 1.62. The van der Waals surface area contributed by atoms with Crippen LogP contribution in [-0.2, 0) is 4.79 Å². The quantitative estimate of drug-likeness (QED) is 0.755. The maximum Gasteiger partial charge on any atom is 0.243 e. The highest BCUT2D eigenvalue weighted by atomic mass is 16.3. The first-order valence-electron chi connectivity index (χ1n) is 6.03. The fraction of sp³-hybridized carbons (Fsp3) is 0.833. The average molecular weight is 222 g/mol. The second-order valence-electron chi connectivity index (χ2n) is 4.97. The fourth-order valence-electron chi connectivity index (χ4n) is 2.53. The number of nitrogens with zero attached hydrogens (tertiary/aromatic N) is 2. The topological polar surface area (TPSA) is 64.3 Å². The molecule has 0 bridgehead atoms. The molecule has 1 heterocycles. The van der Waals surface area contributed by atoms with E-state index in [0.29, 0.717) is 19.0 Å². The first-order chi connectivity index (χ1) is 7.72. The summed E-state index contributed by atoms with van der Waals surface area (Å²) in [5.41, 5.74) is -0.702. The van der Waals surface area contributed by atoms with Crippen LogP contribution in [0.1, 0.15) is 32.1 Å². The Morgan fingerprint density at radius 3 is 2.44 bits per heavy atom. The Labute approximate surface area is 95.9 Å². The molecule has 0 aromatic heterocycles. The predicted molar refractivity (Wildman–Crippen MR) is 58.3 cm³/mol. The van der Waals surface area contributed by atoms with Crippen LogP contribution in [0.2, 0.25) is 0 Å². The minimum atomic E-state index is -0.702. The van der Waals surface area contributed by atoms with E-state index in [-0.39, 0.29) is 12.5 Å². The number of hydrogen-bond donors (Lipinski definition) is 1. The van der Waals surface area contributed by atoms with Gasteiger partial charge < -0.3 is 10.0 Å². The van der Waals surface area contributed by atoms with Gasteiger partial charge in [-0.1, -0.05) is 0 Å². The fourth-order valence-corrected chi connectivity index (χ4v) is 2.53. The van der Waals surface area contributed by atoms with Crippen LogP contribution >= 0.6 is 0 Å². The van der Waals surface area contributed by atoms with E-state index in [1.807, 2.05) is 4.90 Å². The Morgan fingerprint density at radius 2 is 2.06 bits per heavy atom. The van der Waals surface area contributed by atoms with Gasteiger partial charge in [0.1, 0.15) is 5.41 Å². The van der Waals surface area contributed by atoms with Crippen molar-refractivity contribution < 1.29 is 9.90 Å². The molecule has 88 valence electrons. The number of aliphatic hydroxyl groups is 1. The summed E-state index contributed by atoms with van der Waals surface area (Å²) in [5.74, 6) is 0.362. The van der Waals surface area contributed by atoms with Crippen LogP contribution in [0.25, 0.3) is 0 Å². The van der Waals surface area contributed by atoms with Crippen LogP contribution in [-0.4, -0.2) is 35.6 Å². The Kier molecular flexibility index (Phi) is 3.15. The van der Waals surface area contributed by atoms with E-state index in [1.165, 1.54) is 0 Å². The van der Waals surface area contributed by atoms with E-state index in [9.17, 15) is 4.79 Å². The van der Waals surface area contributed by atoms with Crippen LogP contribution < -0.4 is 0 Å². The van der Waals surface area contributed by atoms with Crippen molar-refractivity contribution in [2.75, 3.05) is 19.7 Å². The van der Waals surface area contributed by atoms with E-state index < -0.39 is 5.41 Å². The zero-order chi connectivity index (χ0) is 11.6. The second kappa shape index (κ2) is 4.42. The van der Waals surface area contributed by atoms with Crippen molar-refractivity contribution >= 4 is 5.91 Å². The number of rotatable bonds is 2. The second-order valence-corrected chi connectivity index (χ2v) is 4.97. The minimum Gasteiger partial charge on any atom is -0.396 e. The summed E-state index contributed by atoms with van der Waals surface area (Å²) in [7, 11) is 0. The largest absolute Gasteiger partial charge is 0.396 e. The number of amides is 1. The molecule has 1 N–H and O–H groups in total. The summed E-state index contributed by atoms with van der Waals surface area (Å²) in [6, 6.07) is 2.20. The normalized spacial score (nSPS) is 24.6. The predicted octanol–water partition coefficient (Wildman–Crippen LogP) is 0.911. The van der Waals surface area contributed by atoms with Crippen molar-refractivity contribution in [2.45, 2.75) is 32.1 Å². The molecule has 1 saturated heterocycles. The van der Waals surface area contributed by atoms with Crippen molar-refractivity contribution in [3.05, 3.63) is 0 Å². The molecule has 4 heteroatoms. The number of nitriles is 1. The molecule has 4 nitrogen and oxygen atoms in total. The van der Waals surface area contributed by atoms with E-state index in [1.54, 1.807) is 0 Å². The SMILES string of the molecule is N#CC1(C(=O)N2CCC(CO)CC2)CCC1. The Balaban J connectivity index is 1.94. The van der Waals surface area contributed by atoms with Gasteiger partial charge in [-0.25, -0.2) is 0 Å². The third kappa shape index (κ3) is 1.80. The van der Waals surface area contributed by atoms with Crippen LogP contribution in [0.15, 0.2) is 0 Å². The first-order valence-corrected chi connectivity index (χ1v) is 6.03. The van der Waals surface area contributed by atoms with Gasteiger partial charge in [-0.05, 0) is 38.0 Å². The van der Waals surface area contributed by atoms with Crippen molar-refractivity contribution in [2.24, 2.45) is 11.3 Å². The lowest BCUT2D eigenvalue weighted by Crippen LogP contribution is -2.50. The third-order valence-electron chi connectivity index (χ3n) is 3.99. The Hall–Kier alpha value is -1.08. The molecule has 2 aliphatic rings. The van der Waals surface area contributed by atoms with Crippen LogP contribution in [0.3, 0.4) is 0 Å². The van der Waals surface area contributed by atoms with Crippen LogP contribution in [0.5, 0.6) is 0 Å². The van der Waals surface area contributed by atoms with Gasteiger partial charge in [0, 0.05) is 19.7 Å². The summed E-state index contributed by atoms with van der Waals surface area (Å²) >= 11 is 0. The van der Waals surface area contributed by atoms with E-state index in [0.717, 1.165) is 32.1 Å². The highest BCUT2D eigenvalue weighted by Crippen LogP contribution is 2.42. The molecule has 1 saturated carbocycles. The van der Waals surface area contributed by atoms with Crippen molar-refractivity contribution in [3.8, 4) is 6.07 Å². The van der Waals surface area contributed by atoms with Crippen molar-refractivity contribution in [1.82, 2.24) is 4.90 Å². The van der Waals surface area contributed by atoms with Gasteiger partial charge >= 0.3 is 0 Å². The first kappa shape index (κ1) is 11.4. The third-order valence-corrected chi connectivity index (χ3v) is 3.99. The van der Waals surface area contributed by atoms with Gasteiger partial charge in [0.05, 0.1) is 6.07 Å². The smallest absolute Gasteiger partial charge is 0.243 e. The summed E-state index contributed by atoms with van der Waals surface area (Å²) < 4.78 is 0. The van der Waals surface area contributed by atoms with Crippen LogP contribution in [0, 0.1) is 22.7 Å². The molecule has 1 aliphatic carbocycles. The van der Waals surface area contributed by atoms with Gasteiger partial charge in [-0.2, -0.15) is 5.26 Å². The molecule has 2 fully saturated rings. The molecule has 16 heavy (non-hydrogen) atoms. The zero-order valence-corrected chi connectivity index (χ0v) is 9.48. The van der Waals surface area contributed by atoms with E-state index in [4.69, 9.17) is 10.4 Å². The number of piperidine rings is 1. The number of carbonyl (C=O) groups is 1. The maximum atomic E-state index is 12.2. The monoisotopic (exact) mass is 222 g/mol. The lowest BCUT2D eigenvalue weighted by Gasteiger charge is -2.40. The molecule has 1 aliphatic heterocycles. The molecular formula is C12H18N2O2. The molecule has 0 unspecified atom stereocenters. The number of aliphatic hydroxyl groups excluding tert-OH is 1. The highest BCUT2D eigenvalue weighted by molar-refractivity contribution is 5.86. The average Bonchev–Trinajstić information content (AvgIpc) is 2.28. The molecule has 0 aromatic rings. The summed E-state index contributed by atoms with van der Waals surface area (Å²) in [6.07, 6.45) is 4.17. The molecular weight excluding hydrogens is 204 g/mol. The Morgan fingerprint density at radius 1 is 1.44 bits per heavy atom. The van der Waals surface area contributed by atoms with E-state index >= 15 is 0 Å². The molecule has 2 rings (SSSR count). The Bertz CT molecular complexity index is 309.